The maximum absolute atomic E-state index is 11.2. The summed E-state index contributed by atoms with van der Waals surface area (Å²) in [5, 5.41) is 13.4. The first kappa shape index (κ1) is 12.9. The summed E-state index contributed by atoms with van der Waals surface area (Å²) in [5.41, 5.74) is 2.86. The van der Waals surface area contributed by atoms with Crippen molar-refractivity contribution in [1.29, 1.82) is 0 Å². The van der Waals surface area contributed by atoms with Crippen LogP contribution in [0.5, 0.6) is 0 Å². The Hall–Kier alpha value is -2.15. The second kappa shape index (κ2) is 4.45. The van der Waals surface area contributed by atoms with Crippen LogP contribution in [0.4, 0.5) is 0 Å². The average Bonchev–Trinajstić information content (AvgIpc) is 2.87. The van der Waals surface area contributed by atoms with Crippen LogP contribution in [0, 0.1) is 6.92 Å². The number of carbonyl (C=O) groups is 1. The summed E-state index contributed by atoms with van der Waals surface area (Å²) in [5.74, 6) is -0.444. The number of aromatic carboxylic acids is 1. The van der Waals surface area contributed by atoms with Crippen molar-refractivity contribution in [3.05, 3.63) is 34.3 Å². The fourth-order valence-electron chi connectivity index (χ4n) is 2.10. The zero-order valence-corrected chi connectivity index (χ0v) is 12.3. The van der Waals surface area contributed by atoms with Crippen molar-refractivity contribution in [2.75, 3.05) is 0 Å². The van der Waals surface area contributed by atoms with Crippen molar-refractivity contribution >= 4 is 33.0 Å². The van der Waals surface area contributed by atoms with Crippen LogP contribution in [0.1, 0.15) is 16.4 Å². The zero-order chi connectivity index (χ0) is 14.4. The van der Waals surface area contributed by atoms with Crippen molar-refractivity contribution in [3.8, 4) is 11.3 Å². The lowest BCUT2D eigenvalue weighted by Gasteiger charge is -1.97. The molecule has 2 aromatic heterocycles. The lowest BCUT2D eigenvalue weighted by Crippen LogP contribution is -2.05. The van der Waals surface area contributed by atoms with Crippen LogP contribution in [0.15, 0.2) is 27.1 Å². The van der Waals surface area contributed by atoms with Gasteiger partial charge in [0.25, 0.3) is 0 Å². The first-order valence-electron chi connectivity index (χ1n) is 5.80. The summed E-state index contributed by atoms with van der Waals surface area (Å²) in [6.45, 7) is 1.78. The van der Waals surface area contributed by atoms with Gasteiger partial charge in [-0.2, -0.15) is 5.10 Å². The molecule has 6 nitrogen and oxygen atoms in total. The smallest absolute Gasteiger partial charge is 0.355 e. The maximum atomic E-state index is 11.2. The summed E-state index contributed by atoms with van der Waals surface area (Å²) in [6.07, 6.45) is 0. The van der Waals surface area contributed by atoms with Crippen LogP contribution in [0.2, 0.25) is 0 Å². The highest BCUT2D eigenvalue weighted by atomic mass is 79.9. The van der Waals surface area contributed by atoms with Crippen molar-refractivity contribution in [1.82, 2.24) is 14.8 Å². The van der Waals surface area contributed by atoms with Gasteiger partial charge in [-0.3, -0.25) is 4.68 Å². The minimum atomic E-state index is -1.03. The number of aryl methyl sites for hydroxylation is 2. The molecule has 0 aliphatic heterocycles. The number of oxazole rings is 1. The van der Waals surface area contributed by atoms with Gasteiger partial charge in [-0.05, 0) is 34.1 Å². The molecule has 0 spiro atoms. The third-order valence-corrected chi connectivity index (χ3v) is 3.71. The summed E-state index contributed by atoms with van der Waals surface area (Å²) in [4.78, 5) is 15.4. The summed E-state index contributed by atoms with van der Waals surface area (Å²) >= 11 is 3.30. The van der Waals surface area contributed by atoms with Crippen LogP contribution in [-0.2, 0) is 7.05 Å². The number of nitrogens with zero attached hydrogens (tertiary/aromatic N) is 3. The SMILES string of the molecule is Cc1nc2cc(-c3nn(C)c(C(=O)O)c3Br)ccc2o1. The molecule has 102 valence electrons. The molecule has 0 atom stereocenters. The molecule has 0 amide bonds. The maximum Gasteiger partial charge on any atom is 0.355 e. The second-order valence-electron chi connectivity index (χ2n) is 4.36. The van der Waals surface area contributed by atoms with Gasteiger partial charge < -0.3 is 9.52 Å². The first-order chi connectivity index (χ1) is 9.47. The van der Waals surface area contributed by atoms with Crippen LogP contribution >= 0.6 is 15.9 Å². The van der Waals surface area contributed by atoms with Crippen LogP contribution in [0.3, 0.4) is 0 Å². The lowest BCUT2D eigenvalue weighted by molar-refractivity contribution is 0.0684. The minimum Gasteiger partial charge on any atom is -0.476 e. The Labute approximate surface area is 122 Å². The molecule has 0 saturated carbocycles. The molecule has 3 rings (SSSR count). The van der Waals surface area contributed by atoms with Crippen molar-refractivity contribution in [2.24, 2.45) is 7.05 Å². The number of halogens is 1. The molecule has 0 aliphatic carbocycles. The Bertz CT molecular complexity index is 835. The molecule has 0 saturated heterocycles. The van der Waals surface area contributed by atoms with Gasteiger partial charge in [0, 0.05) is 19.5 Å². The Morgan fingerprint density at radius 1 is 1.45 bits per heavy atom. The van der Waals surface area contributed by atoms with Gasteiger partial charge in [0.1, 0.15) is 11.2 Å². The van der Waals surface area contributed by atoms with E-state index in [1.54, 1.807) is 20.0 Å². The molecule has 0 radical (unpaired) electrons. The highest BCUT2D eigenvalue weighted by molar-refractivity contribution is 9.10. The topological polar surface area (TPSA) is 81.2 Å². The second-order valence-corrected chi connectivity index (χ2v) is 5.15. The van der Waals surface area contributed by atoms with Crippen molar-refractivity contribution < 1.29 is 14.3 Å². The van der Waals surface area contributed by atoms with E-state index in [0.29, 0.717) is 21.6 Å². The first-order valence-corrected chi connectivity index (χ1v) is 6.60. The fourth-order valence-corrected chi connectivity index (χ4v) is 2.84. The molecule has 7 heteroatoms. The third kappa shape index (κ3) is 1.90. The number of hydrogen-bond acceptors (Lipinski definition) is 4. The standard InChI is InChI=1S/C13H10BrN3O3/c1-6-15-8-5-7(3-4-9(8)20-6)11-10(14)12(13(18)19)17(2)16-11/h3-5H,1-2H3,(H,18,19). The number of carboxylic acids is 1. The van der Waals surface area contributed by atoms with Gasteiger partial charge in [0.15, 0.2) is 17.2 Å². The number of carboxylic acid groups (broad SMARTS) is 1. The number of aromatic nitrogens is 3. The van der Waals surface area contributed by atoms with Gasteiger partial charge in [-0.1, -0.05) is 0 Å². The molecule has 0 bridgehead atoms. The van der Waals surface area contributed by atoms with Gasteiger partial charge in [-0.15, -0.1) is 0 Å². The predicted molar refractivity (Wildman–Crippen MR) is 75.6 cm³/mol. The van der Waals surface area contributed by atoms with Crippen molar-refractivity contribution in [3.63, 3.8) is 0 Å². The summed E-state index contributed by atoms with van der Waals surface area (Å²) in [7, 11) is 1.59. The molecule has 0 aliphatic rings. The van der Waals surface area contributed by atoms with Gasteiger partial charge in [-0.25, -0.2) is 9.78 Å². The molecular weight excluding hydrogens is 326 g/mol. The number of benzene rings is 1. The predicted octanol–water partition coefficient (Wildman–Crippen LogP) is 3.00. The van der Waals surface area contributed by atoms with Crippen LogP contribution in [-0.4, -0.2) is 25.8 Å². The Kier molecular flexibility index (Phi) is 2.86. The lowest BCUT2D eigenvalue weighted by atomic mass is 10.1. The number of fused-ring (bicyclic) bond motifs is 1. The molecule has 0 unspecified atom stereocenters. The van der Waals surface area contributed by atoms with E-state index >= 15 is 0 Å². The molecular formula is C13H10BrN3O3. The summed E-state index contributed by atoms with van der Waals surface area (Å²) in [6, 6.07) is 5.45. The fraction of sp³-hybridized carbons (Fsp3) is 0.154. The third-order valence-electron chi connectivity index (χ3n) is 2.96. The molecule has 1 N–H and O–H groups in total. The van der Waals surface area contributed by atoms with E-state index in [0.717, 1.165) is 11.1 Å². The largest absolute Gasteiger partial charge is 0.476 e. The Morgan fingerprint density at radius 2 is 2.20 bits per heavy atom. The van der Waals surface area contributed by atoms with E-state index in [-0.39, 0.29) is 5.69 Å². The van der Waals surface area contributed by atoms with E-state index < -0.39 is 5.97 Å². The van der Waals surface area contributed by atoms with Crippen LogP contribution < -0.4 is 0 Å². The minimum absolute atomic E-state index is 0.108. The van der Waals surface area contributed by atoms with Gasteiger partial charge >= 0.3 is 5.97 Å². The van der Waals surface area contributed by atoms with E-state index in [1.807, 2.05) is 12.1 Å². The quantitative estimate of drug-likeness (QED) is 0.778. The van der Waals surface area contributed by atoms with Crippen molar-refractivity contribution in [2.45, 2.75) is 6.92 Å². The number of rotatable bonds is 2. The van der Waals surface area contributed by atoms with Crippen LogP contribution in [0.25, 0.3) is 22.4 Å². The zero-order valence-electron chi connectivity index (χ0n) is 10.7. The molecule has 20 heavy (non-hydrogen) atoms. The molecule has 0 fully saturated rings. The summed E-state index contributed by atoms with van der Waals surface area (Å²) < 4.78 is 7.20. The van der Waals surface area contributed by atoms with E-state index in [4.69, 9.17) is 9.52 Å². The highest BCUT2D eigenvalue weighted by Crippen LogP contribution is 2.32. The molecule has 1 aromatic carbocycles. The average molecular weight is 336 g/mol. The van der Waals surface area contributed by atoms with E-state index in [2.05, 4.69) is 26.0 Å². The Morgan fingerprint density at radius 3 is 2.85 bits per heavy atom. The normalized spacial score (nSPS) is 11.2. The monoisotopic (exact) mass is 335 g/mol. The Balaban J connectivity index is 2.20. The van der Waals surface area contributed by atoms with E-state index in [9.17, 15) is 4.79 Å². The number of hydrogen-bond donors (Lipinski definition) is 1. The van der Waals surface area contributed by atoms with Gasteiger partial charge in [0.2, 0.25) is 0 Å². The molecule has 3 aromatic rings. The highest BCUT2D eigenvalue weighted by Gasteiger charge is 2.21. The van der Waals surface area contributed by atoms with Gasteiger partial charge in [0.05, 0.1) is 4.47 Å². The molecule has 2 heterocycles. The van der Waals surface area contributed by atoms with E-state index in [1.165, 1.54) is 4.68 Å².